The predicted molar refractivity (Wildman–Crippen MR) is 78.7 cm³/mol. The molecular weight excluding hydrogens is 276 g/mol. The zero-order chi connectivity index (χ0) is 14.7. The maximum absolute atomic E-state index is 11.1. The minimum Gasteiger partial charge on any atom is -0.488 e. The van der Waals surface area contributed by atoms with Gasteiger partial charge in [0.05, 0.1) is 0 Å². The predicted octanol–water partition coefficient (Wildman–Crippen LogP) is 4.23. The molecule has 0 fully saturated rings. The standard InChI is InChI=1S/C16H15ClO3/c1-10-3-4-11(2)12(7-10)9-20-15-8-13(17)5-6-14(15)16(18)19/h3-8H,9H2,1-2H3,(H,18,19). The molecule has 2 rings (SSSR count). The number of ether oxygens (including phenoxy) is 1. The molecule has 0 saturated carbocycles. The largest absolute Gasteiger partial charge is 0.488 e. The molecule has 2 aromatic carbocycles. The van der Waals surface area contributed by atoms with E-state index in [2.05, 4.69) is 0 Å². The summed E-state index contributed by atoms with van der Waals surface area (Å²) in [5.41, 5.74) is 3.38. The summed E-state index contributed by atoms with van der Waals surface area (Å²) >= 11 is 5.89. The highest BCUT2D eigenvalue weighted by Gasteiger charge is 2.12. The van der Waals surface area contributed by atoms with Crippen LogP contribution in [0.5, 0.6) is 5.75 Å². The number of benzene rings is 2. The van der Waals surface area contributed by atoms with Gasteiger partial charge in [0, 0.05) is 5.02 Å². The highest BCUT2D eigenvalue weighted by Crippen LogP contribution is 2.25. The zero-order valence-corrected chi connectivity index (χ0v) is 12.1. The van der Waals surface area contributed by atoms with Gasteiger partial charge in [0.1, 0.15) is 17.9 Å². The Labute approximate surface area is 122 Å². The number of aromatic carboxylic acids is 1. The van der Waals surface area contributed by atoms with E-state index in [9.17, 15) is 4.79 Å². The molecule has 0 radical (unpaired) electrons. The van der Waals surface area contributed by atoms with Crippen molar-refractivity contribution < 1.29 is 14.6 Å². The fourth-order valence-electron chi connectivity index (χ4n) is 1.90. The Morgan fingerprint density at radius 1 is 1.20 bits per heavy atom. The summed E-state index contributed by atoms with van der Waals surface area (Å²) in [6.45, 7) is 4.31. The van der Waals surface area contributed by atoms with Gasteiger partial charge in [-0.15, -0.1) is 0 Å². The van der Waals surface area contributed by atoms with Crippen LogP contribution in [0.2, 0.25) is 5.02 Å². The van der Waals surface area contributed by atoms with Crippen LogP contribution >= 0.6 is 11.6 Å². The third-order valence-corrected chi connectivity index (χ3v) is 3.30. The molecule has 0 amide bonds. The van der Waals surface area contributed by atoms with E-state index >= 15 is 0 Å². The van der Waals surface area contributed by atoms with Crippen LogP contribution in [-0.2, 0) is 6.61 Å². The molecule has 1 N–H and O–H groups in total. The molecule has 0 aliphatic rings. The summed E-state index contributed by atoms with van der Waals surface area (Å²) in [4.78, 5) is 11.1. The first-order valence-electron chi connectivity index (χ1n) is 6.19. The quantitative estimate of drug-likeness (QED) is 0.916. The fourth-order valence-corrected chi connectivity index (χ4v) is 2.07. The topological polar surface area (TPSA) is 46.5 Å². The molecule has 0 aromatic heterocycles. The first-order valence-corrected chi connectivity index (χ1v) is 6.57. The molecule has 104 valence electrons. The number of halogens is 1. The Morgan fingerprint density at radius 2 is 1.95 bits per heavy atom. The molecular formula is C16H15ClO3. The highest BCUT2D eigenvalue weighted by molar-refractivity contribution is 6.30. The Morgan fingerprint density at radius 3 is 2.65 bits per heavy atom. The minimum atomic E-state index is -1.03. The Hall–Kier alpha value is -2.00. The third kappa shape index (κ3) is 3.31. The highest BCUT2D eigenvalue weighted by atomic mass is 35.5. The van der Waals surface area contributed by atoms with Crippen LogP contribution in [0.4, 0.5) is 0 Å². The van der Waals surface area contributed by atoms with E-state index in [0.717, 1.165) is 16.7 Å². The zero-order valence-electron chi connectivity index (χ0n) is 11.3. The van der Waals surface area contributed by atoms with Crippen molar-refractivity contribution in [1.29, 1.82) is 0 Å². The van der Waals surface area contributed by atoms with Crippen LogP contribution in [0, 0.1) is 13.8 Å². The molecule has 20 heavy (non-hydrogen) atoms. The second-order valence-electron chi connectivity index (χ2n) is 4.66. The second-order valence-corrected chi connectivity index (χ2v) is 5.10. The van der Waals surface area contributed by atoms with Gasteiger partial charge in [0.15, 0.2) is 0 Å². The van der Waals surface area contributed by atoms with Gasteiger partial charge in [-0.25, -0.2) is 4.79 Å². The van der Waals surface area contributed by atoms with E-state index in [1.165, 1.54) is 18.2 Å². The van der Waals surface area contributed by atoms with Gasteiger partial charge in [-0.2, -0.15) is 0 Å². The molecule has 0 saturated heterocycles. The minimum absolute atomic E-state index is 0.111. The van der Waals surface area contributed by atoms with Gasteiger partial charge >= 0.3 is 5.97 Å². The molecule has 4 heteroatoms. The van der Waals surface area contributed by atoms with E-state index in [-0.39, 0.29) is 11.3 Å². The molecule has 0 bridgehead atoms. The molecule has 0 atom stereocenters. The number of hydrogen-bond acceptors (Lipinski definition) is 2. The van der Waals surface area contributed by atoms with Crippen molar-refractivity contribution >= 4 is 17.6 Å². The number of hydrogen-bond donors (Lipinski definition) is 1. The van der Waals surface area contributed by atoms with E-state index in [0.29, 0.717) is 11.6 Å². The van der Waals surface area contributed by atoms with Crippen molar-refractivity contribution in [2.45, 2.75) is 20.5 Å². The summed E-state index contributed by atoms with van der Waals surface area (Å²) in [6, 6.07) is 10.6. The Kier molecular flexibility index (Phi) is 4.30. The lowest BCUT2D eigenvalue weighted by atomic mass is 10.1. The Bertz CT molecular complexity index is 650. The van der Waals surface area contributed by atoms with Crippen LogP contribution in [0.25, 0.3) is 0 Å². The average Bonchev–Trinajstić information content (AvgIpc) is 2.39. The maximum atomic E-state index is 11.1. The number of aryl methyl sites for hydroxylation is 2. The molecule has 3 nitrogen and oxygen atoms in total. The molecule has 0 aliphatic carbocycles. The van der Waals surface area contributed by atoms with E-state index in [1.807, 2.05) is 32.0 Å². The summed E-state index contributed by atoms with van der Waals surface area (Å²) in [6.07, 6.45) is 0. The van der Waals surface area contributed by atoms with E-state index < -0.39 is 5.97 Å². The van der Waals surface area contributed by atoms with Gasteiger partial charge in [-0.3, -0.25) is 0 Å². The smallest absolute Gasteiger partial charge is 0.339 e. The van der Waals surface area contributed by atoms with E-state index in [4.69, 9.17) is 21.4 Å². The number of carboxylic acids is 1. The van der Waals surface area contributed by atoms with Crippen molar-refractivity contribution in [2.75, 3.05) is 0 Å². The monoisotopic (exact) mass is 290 g/mol. The third-order valence-electron chi connectivity index (χ3n) is 3.06. The molecule has 2 aromatic rings. The summed E-state index contributed by atoms with van der Waals surface area (Å²) < 4.78 is 5.64. The van der Waals surface area contributed by atoms with E-state index in [1.54, 1.807) is 0 Å². The van der Waals surface area contributed by atoms with Crippen LogP contribution < -0.4 is 4.74 Å². The van der Waals surface area contributed by atoms with Crippen LogP contribution in [0.3, 0.4) is 0 Å². The van der Waals surface area contributed by atoms with Crippen LogP contribution in [-0.4, -0.2) is 11.1 Å². The SMILES string of the molecule is Cc1ccc(C)c(COc2cc(Cl)ccc2C(=O)O)c1. The number of carboxylic acid groups (broad SMARTS) is 1. The van der Waals surface area contributed by atoms with Gasteiger partial charge in [0.25, 0.3) is 0 Å². The summed E-state index contributed by atoms with van der Waals surface area (Å²) in [5, 5.41) is 9.58. The average molecular weight is 291 g/mol. The van der Waals surface area contributed by atoms with Gasteiger partial charge in [0.2, 0.25) is 0 Å². The normalized spacial score (nSPS) is 10.3. The van der Waals surface area contributed by atoms with Crippen molar-refractivity contribution in [3.8, 4) is 5.75 Å². The lowest BCUT2D eigenvalue weighted by Crippen LogP contribution is -2.04. The molecule has 0 unspecified atom stereocenters. The fraction of sp³-hybridized carbons (Fsp3) is 0.188. The molecule has 0 heterocycles. The van der Waals surface area contributed by atoms with Crippen molar-refractivity contribution in [3.63, 3.8) is 0 Å². The first kappa shape index (κ1) is 14.4. The van der Waals surface area contributed by atoms with Crippen molar-refractivity contribution in [2.24, 2.45) is 0 Å². The number of carbonyl (C=O) groups is 1. The summed E-state index contributed by atoms with van der Waals surface area (Å²) in [5.74, 6) is -0.747. The maximum Gasteiger partial charge on any atom is 0.339 e. The van der Waals surface area contributed by atoms with Crippen LogP contribution in [0.15, 0.2) is 36.4 Å². The van der Waals surface area contributed by atoms with Crippen LogP contribution in [0.1, 0.15) is 27.0 Å². The number of rotatable bonds is 4. The van der Waals surface area contributed by atoms with Crippen molar-refractivity contribution in [3.05, 3.63) is 63.7 Å². The lowest BCUT2D eigenvalue weighted by molar-refractivity contribution is 0.0692. The van der Waals surface area contributed by atoms with Crippen molar-refractivity contribution in [1.82, 2.24) is 0 Å². The van der Waals surface area contributed by atoms with Gasteiger partial charge < -0.3 is 9.84 Å². The molecule has 0 spiro atoms. The van der Waals surface area contributed by atoms with Gasteiger partial charge in [-0.05, 0) is 43.2 Å². The second kappa shape index (κ2) is 5.97. The lowest BCUT2D eigenvalue weighted by Gasteiger charge is -2.12. The Balaban J connectivity index is 2.24. The molecule has 0 aliphatic heterocycles. The van der Waals surface area contributed by atoms with Gasteiger partial charge in [-0.1, -0.05) is 35.4 Å². The summed E-state index contributed by atoms with van der Waals surface area (Å²) in [7, 11) is 0. The first-order chi connectivity index (χ1) is 9.47.